The van der Waals surface area contributed by atoms with E-state index in [1.54, 1.807) is 23.5 Å². The van der Waals surface area contributed by atoms with Crippen molar-refractivity contribution in [2.45, 2.75) is 38.6 Å². The predicted octanol–water partition coefficient (Wildman–Crippen LogP) is 3.45. The molecular weight excluding hydrogens is 354 g/mol. The van der Waals surface area contributed by atoms with Gasteiger partial charge in [-0.2, -0.15) is 0 Å². The van der Waals surface area contributed by atoms with Gasteiger partial charge in [0.2, 0.25) is 5.91 Å². The normalized spacial score (nSPS) is 16.8. The average Bonchev–Trinajstić information content (AvgIpc) is 3.31. The minimum atomic E-state index is -0.233. The van der Waals surface area contributed by atoms with E-state index < -0.39 is 0 Å². The Kier molecular flexibility index (Phi) is 3.89. The lowest BCUT2D eigenvalue weighted by atomic mass is 10.1. The third-order valence-corrected chi connectivity index (χ3v) is 5.47. The molecule has 1 aliphatic carbocycles. The van der Waals surface area contributed by atoms with Gasteiger partial charge in [0, 0.05) is 36.6 Å². The summed E-state index contributed by atoms with van der Waals surface area (Å²) in [5.41, 5.74) is 4.48. The van der Waals surface area contributed by atoms with E-state index in [2.05, 4.69) is 19.9 Å². The van der Waals surface area contributed by atoms with Crippen LogP contribution < -0.4 is 10.2 Å². The molecule has 7 heteroatoms. The molecule has 1 N–H and O–H groups in total. The number of anilines is 2. The molecule has 0 unspecified atom stereocenters. The summed E-state index contributed by atoms with van der Waals surface area (Å²) >= 11 is 0. The summed E-state index contributed by atoms with van der Waals surface area (Å²) in [6.45, 7) is 2.66. The SMILES string of the molecule is Cc1ccc(N2CCCC2=O)cc1NC(=O)c1cnc2c(c1)ncn2C1CC1. The highest BCUT2D eigenvalue weighted by Gasteiger charge is 2.26. The monoisotopic (exact) mass is 375 g/mol. The third-order valence-electron chi connectivity index (χ3n) is 5.47. The number of carbonyl (C=O) groups excluding carboxylic acids is 2. The molecule has 2 fully saturated rings. The van der Waals surface area contributed by atoms with E-state index in [0.717, 1.165) is 48.2 Å². The fourth-order valence-electron chi connectivity index (χ4n) is 3.69. The van der Waals surface area contributed by atoms with Gasteiger partial charge < -0.3 is 14.8 Å². The Hall–Kier alpha value is -3.22. The Labute approximate surface area is 162 Å². The second-order valence-electron chi connectivity index (χ2n) is 7.55. The van der Waals surface area contributed by atoms with E-state index in [0.29, 0.717) is 23.7 Å². The molecule has 1 aliphatic heterocycles. The molecule has 2 aromatic heterocycles. The fraction of sp³-hybridized carbons (Fsp3) is 0.333. The Morgan fingerprint density at radius 1 is 1.21 bits per heavy atom. The lowest BCUT2D eigenvalue weighted by Crippen LogP contribution is -2.24. The maximum atomic E-state index is 12.8. The maximum Gasteiger partial charge on any atom is 0.257 e. The smallest absolute Gasteiger partial charge is 0.257 e. The van der Waals surface area contributed by atoms with E-state index in [9.17, 15) is 9.59 Å². The van der Waals surface area contributed by atoms with Gasteiger partial charge >= 0.3 is 0 Å². The van der Waals surface area contributed by atoms with Crippen LogP contribution in [0.25, 0.3) is 11.2 Å². The summed E-state index contributed by atoms with van der Waals surface area (Å²) in [6, 6.07) is 7.99. The number of aryl methyl sites for hydroxylation is 1. The molecule has 7 nitrogen and oxygen atoms in total. The van der Waals surface area contributed by atoms with Gasteiger partial charge in [0.1, 0.15) is 5.52 Å². The lowest BCUT2D eigenvalue weighted by Gasteiger charge is -2.18. The van der Waals surface area contributed by atoms with Crippen molar-refractivity contribution in [1.29, 1.82) is 0 Å². The van der Waals surface area contributed by atoms with Crippen LogP contribution in [-0.2, 0) is 4.79 Å². The van der Waals surface area contributed by atoms with E-state index in [-0.39, 0.29) is 11.8 Å². The van der Waals surface area contributed by atoms with Crippen LogP contribution >= 0.6 is 0 Å². The van der Waals surface area contributed by atoms with Crippen LogP contribution in [0.4, 0.5) is 11.4 Å². The van der Waals surface area contributed by atoms with Crippen LogP contribution in [0.3, 0.4) is 0 Å². The topological polar surface area (TPSA) is 80.1 Å². The zero-order valence-electron chi connectivity index (χ0n) is 15.7. The highest BCUT2D eigenvalue weighted by Crippen LogP contribution is 2.36. The summed E-state index contributed by atoms with van der Waals surface area (Å²) in [7, 11) is 0. The van der Waals surface area contributed by atoms with Crippen LogP contribution in [0.1, 0.15) is 47.6 Å². The van der Waals surface area contributed by atoms with Crippen molar-refractivity contribution in [3.8, 4) is 0 Å². The quantitative estimate of drug-likeness (QED) is 0.757. The van der Waals surface area contributed by atoms with Crippen molar-refractivity contribution in [2.24, 2.45) is 0 Å². The van der Waals surface area contributed by atoms with Crippen LogP contribution in [0, 0.1) is 6.92 Å². The second kappa shape index (κ2) is 6.44. The van der Waals surface area contributed by atoms with Gasteiger partial charge in [-0.25, -0.2) is 9.97 Å². The number of hydrogen-bond acceptors (Lipinski definition) is 4. The van der Waals surface area contributed by atoms with E-state index in [4.69, 9.17) is 0 Å². The average molecular weight is 375 g/mol. The third kappa shape index (κ3) is 2.93. The predicted molar refractivity (Wildman–Crippen MR) is 107 cm³/mol. The van der Waals surface area contributed by atoms with Gasteiger partial charge in [0.25, 0.3) is 5.91 Å². The summed E-state index contributed by atoms with van der Waals surface area (Å²) in [5.74, 6) is -0.106. The first-order valence-corrected chi connectivity index (χ1v) is 9.65. The molecule has 142 valence electrons. The zero-order chi connectivity index (χ0) is 19.3. The Morgan fingerprint density at radius 3 is 2.82 bits per heavy atom. The largest absolute Gasteiger partial charge is 0.322 e. The van der Waals surface area contributed by atoms with Crippen LogP contribution in [-0.4, -0.2) is 32.9 Å². The first kappa shape index (κ1) is 16.9. The fourth-order valence-corrected chi connectivity index (χ4v) is 3.69. The van der Waals surface area contributed by atoms with Crippen molar-refractivity contribution >= 4 is 34.4 Å². The molecule has 3 heterocycles. The number of nitrogens with one attached hydrogen (secondary N) is 1. The first-order chi connectivity index (χ1) is 13.6. The molecule has 0 bridgehead atoms. The Bertz CT molecular complexity index is 1100. The second-order valence-corrected chi connectivity index (χ2v) is 7.55. The summed E-state index contributed by atoms with van der Waals surface area (Å²) < 4.78 is 2.08. The Balaban J connectivity index is 1.40. The van der Waals surface area contributed by atoms with Gasteiger partial charge in [-0.3, -0.25) is 9.59 Å². The van der Waals surface area contributed by atoms with Crippen molar-refractivity contribution in [1.82, 2.24) is 14.5 Å². The van der Waals surface area contributed by atoms with Crippen molar-refractivity contribution in [3.05, 3.63) is 47.9 Å². The zero-order valence-corrected chi connectivity index (χ0v) is 15.7. The first-order valence-electron chi connectivity index (χ1n) is 9.65. The minimum Gasteiger partial charge on any atom is -0.322 e. The molecule has 2 amide bonds. The van der Waals surface area contributed by atoms with E-state index >= 15 is 0 Å². The summed E-state index contributed by atoms with van der Waals surface area (Å²) in [5, 5.41) is 2.96. The molecule has 0 spiro atoms. The number of benzene rings is 1. The van der Waals surface area contributed by atoms with Crippen LogP contribution in [0.15, 0.2) is 36.8 Å². The number of pyridine rings is 1. The highest BCUT2D eigenvalue weighted by molar-refractivity contribution is 6.06. The van der Waals surface area contributed by atoms with Gasteiger partial charge in [-0.05, 0) is 49.9 Å². The molecule has 2 aliphatic rings. The van der Waals surface area contributed by atoms with Crippen molar-refractivity contribution in [3.63, 3.8) is 0 Å². The van der Waals surface area contributed by atoms with Gasteiger partial charge in [0.15, 0.2) is 5.65 Å². The molecule has 0 atom stereocenters. The maximum absolute atomic E-state index is 12.8. The minimum absolute atomic E-state index is 0.127. The number of rotatable bonds is 4. The molecule has 3 aromatic rings. The number of aromatic nitrogens is 3. The molecule has 0 radical (unpaired) electrons. The van der Waals surface area contributed by atoms with Crippen molar-refractivity contribution < 1.29 is 9.59 Å². The molecule has 28 heavy (non-hydrogen) atoms. The number of amides is 2. The number of carbonyl (C=O) groups is 2. The summed E-state index contributed by atoms with van der Waals surface area (Å²) in [6.07, 6.45) is 7.16. The molecule has 1 saturated carbocycles. The number of hydrogen-bond donors (Lipinski definition) is 1. The number of imidazole rings is 1. The van der Waals surface area contributed by atoms with E-state index in [1.807, 2.05) is 25.1 Å². The van der Waals surface area contributed by atoms with Crippen molar-refractivity contribution in [2.75, 3.05) is 16.8 Å². The molecule has 1 saturated heterocycles. The summed E-state index contributed by atoms with van der Waals surface area (Å²) in [4.78, 5) is 35.4. The van der Waals surface area contributed by atoms with Gasteiger partial charge in [-0.15, -0.1) is 0 Å². The van der Waals surface area contributed by atoms with Gasteiger partial charge in [0.05, 0.1) is 11.9 Å². The molecular formula is C21H21N5O2. The standard InChI is InChI=1S/C21H21N5O2/c1-13-4-5-16(25-8-2-3-19(25)27)10-17(13)24-21(28)14-9-18-20(22-11-14)26(12-23-18)15-6-7-15/h4-5,9-12,15H,2-3,6-8H2,1H3,(H,24,28). The van der Waals surface area contributed by atoms with Crippen LogP contribution in [0.5, 0.6) is 0 Å². The number of fused-ring (bicyclic) bond motifs is 1. The van der Waals surface area contributed by atoms with Gasteiger partial charge in [-0.1, -0.05) is 6.07 Å². The van der Waals surface area contributed by atoms with Crippen LogP contribution in [0.2, 0.25) is 0 Å². The lowest BCUT2D eigenvalue weighted by molar-refractivity contribution is -0.117. The highest BCUT2D eigenvalue weighted by atomic mass is 16.2. The van der Waals surface area contributed by atoms with E-state index in [1.165, 1.54) is 0 Å². The molecule has 5 rings (SSSR count). The number of nitrogens with zero attached hydrogens (tertiary/aromatic N) is 4. The molecule has 1 aromatic carbocycles. The Morgan fingerprint density at radius 2 is 2.07 bits per heavy atom.